The lowest BCUT2D eigenvalue weighted by atomic mass is 9.93. The third kappa shape index (κ3) is 5.57. The van der Waals surface area contributed by atoms with Crippen molar-refractivity contribution in [2.45, 2.75) is 43.0 Å². The molecule has 168 valence electrons. The van der Waals surface area contributed by atoms with E-state index in [1.165, 1.54) is 16.4 Å². The Bertz CT molecular complexity index is 958. The van der Waals surface area contributed by atoms with Crippen molar-refractivity contribution in [1.29, 1.82) is 0 Å². The second kappa shape index (κ2) is 9.29. The quantitative estimate of drug-likeness (QED) is 0.685. The highest BCUT2D eigenvalue weighted by atomic mass is 32.2. The topological polar surface area (TPSA) is 104 Å². The zero-order chi connectivity index (χ0) is 21.9. The fraction of sp³-hybridized carbons (Fsp3) is 0.632. The first kappa shape index (κ1) is 23.1. The Hall–Kier alpha value is -1.56. The van der Waals surface area contributed by atoms with Gasteiger partial charge in [-0.3, -0.25) is 4.79 Å². The molecule has 0 radical (unpaired) electrons. The van der Waals surface area contributed by atoms with Crippen LogP contribution < -0.4 is 4.72 Å². The minimum atomic E-state index is -3.72. The molecule has 8 nitrogen and oxygen atoms in total. The summed E-state index contributed by atoms with van der Waals surface area (Å²) in [6.07, 6.45) is 4.46. The Morgan fingerprint density at radius 2 is 1.67 bits per heavy atom. The van der Waals surface area contributed by atoms with Crippen molar-refractivity contribution in [2.24, 2.45) is 5.92 Å². The SMILES string of the molecule is CS(=O)(=O)NCC1CCCCN1C(=O)C1CCN(S(=O)(=O)c2ccc(F)cc2)CC1. The van der Waals surface area contributed by atoms with E-state index in [-0.39, 0.29) is 42.4 Å². The molecule has 0 spiro atoms. The minimum Gasteiger partial charge on any atom is -0.338 e. The standard InChI is InChI=1S/C19H28FN3O5S2/c1-29(25,26)21-14-17-4-2-3-11-23(17)19(24)15-9-12-22(13-10-15)30(27,28)18-7-5-16(20)6-8-18/h5-8,15,17,21H,2-4,9-14H2,1H3. The van der Waals surface area contributed by atoms with Crippen LogP contribution in [0.4, 0.5) is 4.39 Å². The van der Waals surface area contributed by atoms with Gasteiger partial charge in [-0.1, -0.05) is 0 Å². The first-order chi connectivity index (χ1) is 14.1. The van der Waals surface area contributed by atoms with Crippen LogP contribution in [0.1, 0.15) is 32.1 Å². The maximum Gasteiger partial charge on any atom is 0.243 e. The summed E-state index contributed by atoms with van der Waals surface area (Å²) in [7, 11) is -7.06. The van der Waals surface area contributed by atoms with Crippen molar-refractivity contribution in [3.05, 3.63) is 30.1 Å². The van der Waals surface area contributed by atoms with Gasteiger partial charge in [-0.25, -0.2) is 25.9 Å². The number of hydrogen-bond acceptors (Lipinski definition) is 5. The van der Waals surface area contributed by atoms with Crippen LogP contribution in [-0.4, -0.2) is 70.4 Å². The van der Waals surface area contributed by atoms with Gasteiger partial charge in [-0.2, -0.15) is 4.31 Å². The highest BCUT2D eigenvalue weighted by Crippen LogP contribution is 2.27. The third-order valence-electron chi connectivity index (χ3n) is 5.75. The van der Waals surface area contributed by atoms with Gasteiger partial charge in [0, 0.05) is 38.1 Å². The maximum absolute atomic E-state index is 13.1. The fourth-order valence-corrected chi connectivity index (χ4v) is 6.05. The molecular formula is C19H28FN3O5S2. The molecule has 1 aromatic rings. The van der Waals surface area contributed by atoms with E-state index < -0.39 is 25.9 Å². The van der Waals surface area contributed by atoms with Crippen molar-refractivity contribution in [1.82, 2.24) is 13.9 Å². The van der Waals surface area contributed by atoms with Crippen LogP contribution in [0.15, 0.2) is 29.2 Å². The van der Waals surface area contributed by atoms with Crippen LogP contribution in [-0.2, 0) is 24.8 Å². The van der Waals surface area contributed by atoms with Crippen molar-refractivity contribution in [2.75, 3.05) is 32.4 Å². The molecule has 0 bridgehead atoms. The van der Waals surface area contributed by atoms with E-state index in [1.807, 2.05) is 0 Å². The second-order valence-electron chi connectivity index (χ2n) is 7.93. The molecule has 2 heterocycles. The van der Waals surface area contributed by atoms with Gasteiger partial charge in [0.2, 0.25) is 26.0 Å². The molecule has 2 aliphatic rings. The molecular weight excluding hydrogens is 433 g/mol. The summed E-state index contributed by atoms with van der Waals surface area (Å²) >= 11 is 0. The zero-order valence-corrected chi connectivity index (χ0v) is 18.6. The van der Waals surface area contributed by atoms with E-state index >= 15 is 0 Å². The van der Waals surface area contributed by atoms with E-state index in [4.69, 9.17) is 0 Å². The van der Waals surface area contributed by atoms with Gasteiger partial charge in [-0.15, -0.1) is 0 Å². The molecule has 0 saturated carbocycles. The third-order valence-corrected chi connectivity index (χ3v) is 8.35. The molecule has 11 heteroatoms. The van der Waals surface area contributed by atoms with E-state index in [0.717, 1.165) is 37.7 Å². The number of likely N-dealkylation sites (tertiary alicyclic amines) is 1. The van der Waals surface area contributed by atoms with E-state index in [9.17, 15) is 26.0 Å². The summed E-state index contributed by atoms with van der Waals surface area (Å²) in [5, 5.41) is 0. The summed E-state index contributed by atoms with van der Waals surface area (Å²) < 4.78 is 65.3. The molecule has 1 atom stereocenters. The van der Waals surface area contributed by atoms with E-state index in [0.29, 0.717) is 19.4 Å². The lowest BCUT2D eigenvalue weighted by Gasteiger charge is -2.39. The number of nitrogens with one attached hydrogen (secondary N) is 1. The van der Waals surface area contributed by atoms with Crippen LogP contribution in [0.2, 0.25) is 0 Å². The first-order valence-corrected chi connectivity index (χ1v) is 13.4. The predicted octanol–water partition coefficient (Wildman–Crippen LogP) is 1.16. The van der Waals surface area contributed by atoms with Crippen molar-refractivity contribution >= 4 is 26.0 Å². The van der Waals surface area contributed by atoms with Gasteiger partial charge < -0.3 is 4.90 Å². The average Bonchev–Trinajstić information content (AvgIpc) is 2.72. The Morgan fingerprint density at radius 1 is 1.03 bits per heavy atom. The summed E-state index contributed by atoms with van der Waals surface area (Å²) in [4.78, 5) is 14.9. The smallest absolute Gasteiger partial charge is 0.243 e. The summed E-state index contributed by atoms with van der Waals surface area (Å²) in [5.41, 5.74) is 0. The van der Waals surface area contributed by atoms with Crippen LogP contribution in [0, 0.1) is 11.7 Å². The monoisotopic (exact) mass is 461 g/mol. The number of nitrogens with zero attached hydrogens (tertiary/aromatic N) is 2. The molecule has 0 aromatic heterocycles. The summed E-state index contributed by atoms with van der Waals surface area (Å²) in [5.74, 6) is -0.822. The highest BCUT2D eigenvalue weighted by molar-refractivity contribution is 7.89. The predicted molar refractivity (Wildman–Crippen MR) is 110 cm³/mol. The van der Waals surface area contributed by atoms with Crippen molar-refractivity contribution in [3.8, 4) is 0 Å². The van der Waals surface area contributed by atoms with Gasteiger partial charge in [0.25, 0.3) is 0 Å². The summed E-state index contributed by atoms with van der Waals surface area (Å²) in [6, 6.07) is 4.54. The second-order valence-corrected chi connectivity index (χ2v) is 11.7. The van der Waals surface area contributed by atoms with Crippen LogP contribution in [0.5, 0.6) is 0 Å². The largest absolute Gasteiger partial charge is 0.338 e. The molecule has 30 heavy (non-hydrogen) atoms. The first-order valence-electron chi connectivity index (χ1n) is 10.1. The van der Waals surface area contributed by atoms with Gasteiger partial charge in [0.05, 0.1) is 11.2 Å². The average molecular weight is 462 g/mol. The highest BCUT2D eigenvalue weighted by Gasteiger charge is 2.36. The molecule has 2 fully saturated rings. The molecule has 1 N–H and O–H groups in total. The van der Waals surface area contributed by atoms with Crippen LogP contribution in [0.25, 0.3) is 0 Å². The minimum absolute atomic E-state index is 0.0335. The van der Waals surface area contributed by atoms with Crippen LogP contribution >= 0.6 is 0 Å². The number of hydrogen-bond donors (Lipinski definition) is 1. The number of halogens is 1. The van der Waals surface area contributed by atoms with E-state index in [1.54, 1.807) is 4.90 Å². The molecule has 3 rings (SSSR count). The van der Waals surface area contributed by atoms with E-state index in [2.05, 4.69) is 4.72 Å². The zero-order valence-electron chi connectivity index (χ0n) is 17.0. The number of carbonyl (C=O) groups excluding carboxylic acids is 1. The Morgan fingerprint density at radius 3 is 2.27 bits per heavy atom. The number of benzene rings is 1. The normalized spacial score (nSPS) is 22.2. The lowest BCUT2D eigenvalue weighted by molar-refractivity contribution is -0.140. The lowest BCUT2D eigenvalue weighted by Crippen LogP contribution is -2.52. The Kier molecular flexibility index (Phi) is 7.16. The Balaban J connectivity index is 1.62. The van der Waals surface area contributed by atoms with Gasteiger partial charge >= 0.3 is 0 Å². The van der Waals surface area contributed by atoms with Gasteiger partial charge in [-0.05, 0) is 56.4 Å². The molecule has 1 amide bonds. The fourth-order valence-electron chi connectivity index (χ4n) is 4.08. The maximum atomic E-state index is 13.1. The molecule has 2 aliphatic heterocycles. The number of carbonyl (C=O) groups is 1. The van der Waals surface area contributed by atoms with Crippen molar-refractivity contribution < 1.29 is 26.0 Å². The van der Waals surface area contributed by atoms with Crippen molar-refractivity contribution in [3.63, 3.8) is 0 Å². The number of rotatable bonds is 6. The molecule has 1 unspecified atom stereocenters. The molecule has 0 aliphatic carbocycles. The Labute approximate surface area is 177 Å². The number of amides is 1. The van der Waals surface area contributed by atoms with Gasteiger partial charge in [0.1, 0.15) is 5.82 Å². The summed E-state index contributed by atoms with van der Waals surface area (Å²) in [6.45, 7) is 1.22. The molecule has 1 aromatic carbocycles. The van der Waals surface area contributed by atoms with Gasteiger partial charge in [0.15, 0.2) is 0 Å². The number of piperidine rings is 2. The van der Waals surface area contributed by atoms with Crippen LogP contribution in [0.3, 0.4) is 0 Å². The number of sulfonamides is 2. The molecule has 2 saturated heterocycles.